The van der Waals surface area contributed by atoms with Gasteiger partial charge < -0.3 is 9.47 Å². The average molecular weight is 444 g/mol. The molecule has 4 heterocycles. The number of fused-ring (bicyclic) bond motifs is 2. The van der Waals surface area contributed by atoms with Gasteiger partial charge in [-0.2, -0.15) is 0 Å². The molecule has 0 unspecified atom stereocenters. The van der Waals surface area contributed by atoms with Crippen LogP contribution >= 0.6 is 0 Å². The van der Waals surface area contributed by atoms with Crippen molar-refractivity contribution in [3.05, 3.63) is 59.1 Å². The zero-order valence-corrected chi connectivity index (χ0v) is 17.9. The fourth-order valence-corrected chi connectivity index (χ4v) is 5.12. The molecule has 0 saturated heterocycles. The molecular weight excluding hydrogens is 421 g/mol. The summed E-state index contributed by atoms with van der Waals surface area (Å²) in [5.74, 6) is 1.11. The van der Waals surface area contributed by atoms with Gasteiger partial charge >= 0.3 is 0 Å². The Kier molecular flexibility index (Phi) is 5.02. The molecule has 0 atom stereocenters. The maximum Gasteiger partial charge on any atom is 0.194 e. The normalized spacial score (nSPS) is 16.3. The van der Waals surface area contributed by atoms with E-state index in [0.29, 0.717) is 62.4 Å². The summed E-state index contributed by atoms with van der Waals surface area (Å²) in [5, 5.41) is 0.0266. The predicted octanol–water partition coefficient (Wildman–Crippen LogP) is 2.80. The number of sulfone groups is 1. The van der Waals surface area contributed by atoms with Crippen molar-refractivity contribution in [3.63, 3.8) is 0 Å². The van der Waals surface area contributed by atoms with E-state index in [-0.39, 0.29) is 10.8 Å². The van der Waals surface area contributed by atoms with Crippen molar-refractivity contribution in [3.8, 4) is 5.75 Å². The van der Waals surface area contributed by atoms with Crippen LogP contribution in [0.1, 0.15) is 28.9 Å². The van der Waals surface area contributed by atoms with Crippen molar-refractivity contribution in [1.82, 2.24) is 14.4 Å². The molecule has 5 rings (SSSR count). The van der Waals surface area contributed by atoms with Crippen LogP contribution in [0.15, 0.2) is 35.8 Å². The predicted molar refractivity (Wildman–Crippen MR) is 113 cm³/mol. The number of rotatable bonds is 5. The van der Waals surface area contributed by atoms with Crippen LogP contribution in [0.3, 0.4) is 0 Å². The Bertz CT molecular complexity index is 1310. The SMILES string of the molecule is CS(=O)(=O)c1ncn2c(CCc3c(F)ccc4c3CCO4)ncc(C3=CCOCC3)c12. The third kappa shape index (κ3) is 3.61. The number of ether oxygens (including phenoxy) is 2. The topological polar surface area (TPSA) is 82.8 Å². The second-order valence-corrected chi connectivity index (χ2v) is 9.71. The summed E-state index contributed by atoms with van der Waals surface area (Å²) in [7, 11) is -3.54. The lowest BCUT2D eigenvalue weighted by molar-refractivity contribution is 0.161. The van der Waals surface area contributed by atoms with Crippen molar-refractivity contribution < 1.29 is 22.3 Å². The Hall–Kier alpha value is -2.78. The first-order valence-corrected chi connectivity index (χ1v) is 12.1. The maximum atomic E-state index is 14.5. The molecule has 3 aromatic rings. The number of halogens is 1. The third-order valence-corrected chi connectivity index (χ3v) is 6.81. The lowest BCUT2D eigenvalue weighted by atomic mass is 9.99. The van der Waals surface area contributed by atoms with E-state index < -0.39 is 9.84 Å². The summed E-state index contributed by atoms with van der Waals surface area (Å²) in [5.41, 5.74) is 3.78. The fraction of sp³-hybridized carbons (Fsp3) is 0.364. The minimum absolute atomic E-state index is 0.0266. The Labute approximate surface area is 179 Å². The van der Waals surface area contributed by atoms with Gasteiger partial charge in [-0.3, -0.25) is 4.40 Å². The molecule has 7 nitrogen and oxygen atoms in total. The minimum Gasteiger partial charge on any atom is -0.493 e. The first-order chi connectivity index (χ1) is 14.9. The number of aryl methyl sites for hydroxylation is 1. The van der Waals surface area contributed by atoms with Gasteiger partial charge in [0.05, 0.1) is 25.3 Å². The lowest BCUT2D eigenvalue weighted by Crippen LogP contribution is -2.10. The molecule has 0 aliphatic carbocycles. The number of benzene rings is 1. The molecule has 0 radical (unpaired) electrons. The largest absolute Gasteiger partial charge is 0.493 e. The average Bonchev–Trinajstić information content (AvgIpc) is 3.41. The molecule has 1 aromatic carbocycles. The Morgan fingerprint density at radius 2 is 2.03 bits per heavy atom. The van der Waals surface area contributed by atoms with Crippen LogP contribution in [-0.4, -0.2) is 48.9 Å². The standard InChI is InChI=1S/C22H22FN3O4S/c1-31(27,28)22-21-17(14-6-9-29-10-7-14)12-24-20(26(21)13-25-22)5-2-15-16-8-11-30-19(16)4-3-18(15)23/h3-4,6,12-13H,2,5,7-11H2,1H3. The third-order valence-electron chi connectivity index (χ3n) is 5.81. The molecule has 2 aromatic heterocycles. The highest BCUT2D eigenvalue weighted by atomic mass is 32.2. The highest BCUT2D eigenvalue weighted by molar-refractivity contribution is 7.90. The number of hydrogen-bond acceptors (Lipinski definition) is 6. The molecule has 9 heteroatoms. The quantitative estimate of drug-likeness (QED) is 0.603. The van der Waals surface area contributed by atoms with E-state index in [9.17, 15) is 12.8 Å². The minimum atomic E-state index is -3.54. The Balaban J connectivity index is 1.58. The van der Waals surface area contributed by atoms with Gasteiger partial charge in [-0.05, 0) is 36.1 Å². The molecule has 0 bridgehead atoms. The van der Waals surface area contributed by atoms with Crippen LogP contribution in [0, 0.1) is 5.82 Å². The van der Waals surface area contributed by atoms with E-state index in [2.05, 4.69) is 9.97 Å². The van der Waals surface area contributed by atoms with E-state index in [0.717, 1.165) is 28.7 Å². The van der Waals surface area contributed by atoms with Gasteiger partial charge in [-0.15, -0.1) is 0 Å². The van der Waals surface area contributed by atoms with Crippen LogP contribution in [0.4, 0.5) is 4.39 Å². The molecule has 31 heavy (non-hydrogen) atoms. The molecule has 2 aliphatic heterocycles. The second-order valence-electron chi connectivity index (χ2n) is 7.78. The van der Waals surface area contributed by atoms with E-state index in [1.165, 1.54) is 12.4 Å². The molecule has 0 N–H and O–H groups in total. The van der Waals surface area contributed by atoms with Crippen molar-refractivity contribution >= 4 is 20.9 Å². The van der Waals surface area contributed by atoms with Crippen LogP contribution in [-0.2, 0) is 33.8 Å². The monoisotopic (exact) mass is 443 g/mol. The van der Waals surface area contributed by atoms with Crippen LogP contribution in [0.25, 0.3) is 11.1 Å². The van der Waals surface area contributed by atoms with Crippen molar-refractivity contribution in [1.29, 1.82) is 0 Å². The van der Waals surface area contributed by atoms with Crippen LogP contribution in [0.5, 0.6) is 5.75 Å². The van der Waals surface area contributed by atoms with Crippen LogP contribution in [0.2, 0.25) is 0 Å². The highest BCUT2D eigenvalue weighted by Gasteiger charge is 2.24. The summed E-state index contributed by atoms with van der Waals surface area (Å²) in [4.78, 5) is 8.80. The first kappa shape index (κ1) is 20.1. The van der Waals surface area contributed by atoms with E-state index >= 15 is 0 Å². The molecular formula is C22H22FN3O4S. The molecule has 0 saturated carbocycles. The summed E-state index contributed by atoms with van der Waals surface area (Å²) < 4.78 is 52.0. The van der Waals surface area contributed by atoms with Gasteiger partial charge in [-0.1, -0.05) is 6.08 Å². The van der Waals surface area contributed by atoms with E-state index in [4.69, 9.17) is 9.47 Å². The zero-order chi connectivity index (χ0) is 21.6. The Morgan fingerprint density at radius 3 is 2.81 bits per heavy atom. The summed E-state index contributed by atoms with van der Waals surface area (Å²) in [6.07, 6.45) is 8.52. The van der Waals surface area contributed by atoms with E-state index in [1.54, 1.807) is 16.7 Å². The van der Waals surface area contributed by atoms with E-state index in [1.807, 2.05) is 6.08 Å². The molecule has 2 aliphatic rings. The molecule has 0 fully saturated rings. The van der Waals surface area contributed by atoms with Gasteiger partial charge in [-0.25, -0.2) is 22.8 Å². The van der Waals surface area contributed by atoms with Gasteiger partial charge in [0.25, 0.3) is 0 Å². The number of nitrogens with zero attached hydrogens (tertiary/aromatic N) is 3. The Morgan fingerprint density at radius 1 is 1.16 bits per heavy atom. The summed E-state index contributed by atoms with van der Waals surface area (Å²) in [6.45, 7) is 1.61. The molecule has 162 valence electrons. The number of hydrogen-bond donors (Lipinski definition) is 0. The van der Waals surface area contributed by atoms with Gasteiger partial charge in [0.1, 0.15) is 23.7 Å². The first-order valence-electron chi connectivity index (χ1n) is 10.2. The van der Waals surface area contributed by atoms with Crippen LogP contribution < -0.4 is 4.74 Å². The maximum absolute atomic E-state index is 14.5. The van der Waals surface area contributed by atoms with Crippen molar-refractivity contribution in [2.24, 2.45) is 0 Å². The number of aromatic nitrogens is 3. The fourth-order valence-electron chi connectivity index (χ4n) is 4.32. The smallest absolute Gasteiger partial charge is 0.194 e. The van der Waals surface area contributed by atoms with Gasteiger partial charge in [0.15, 0.2) is 14.9 Å². The van der Waals surface area contributed by atoms with Crippen molar-refractivity contribution in [2.45, 2.75) is 30.7 Å². The second kappa shape index (κ2) is 7.72. The summed E-state index contributed by atoms with van der Waals surface area (Å²) in [6, 6.07) is 3.10. The summed E-state index contributed by atoms with van der Waals surface area (Å²) >= 11 is 0. The highest BCUT2D eigenvalue weighted by Crippen LogP contribution is 2.32. The van der Waals surface area contributed by atoms with Crippen molar-refractivity contribution in [2.75, 3.05) is 26.1 Å². The zero-order valence-electron chi connectivity index (χ0n) is 17.1. The van der Waals surface area contributed by atoms with Gasteiger partial charge in [0.2, 0.25) is 0 Å². The molecule has 0 spiro atoms. The lowest BCUT2D eigenvalue weighted by Gasteiger charge is -2.16. The number of imidazole rings is 1. The van der Waals surface area contributed by atoms with Gasteiger partial charge in [0, 0.05) is 36.4 Å². The molecule has 0 amide bonds.